The fourth-order valence-corrected chi connectivity index (χ4v) is 3.34. The van der Waals surface area contributed by atoms with Gasteiger partial charge in [0, 0.05) is 19.3 Å². The number of rotatable bonds is 5. The molecule has 1 aliphatic heterocycles. The van der Waals surface area contributed by atoms with Crippen LogP contribution in [0.1, 0.15) is 24.0 Å². The third-order valence-corrected chi connectivity index (χ3v) is 5.16. The van der Waals surface area contributed by atoms with Gasteiger partial charge >= 0.3 is 5.69 Å². The predicted molar refractivity (Wildman–Crippen MR) is 102 cm³/mol. The molecule has 140 valence electrons. The molecule has 0 aliphatic carbocycles. The molecule has 27 heavy (non-hydrogen) atoms. The molecule has 0 amide bonds. The molecular weight excluding hydrogens is 391 g/mol. The van der Waals surface area contributed by atoms with Gasteiger partial charge < -0.3 is 9.64 Å². The van der Waals surface area contributed by atoms with Crippen molar-refractivity contribution in [3.8, 4) is 6.07 Å². The third kappa shape index (κ3) is 4.48. The van der Waals surface area contributed by atoms with Crippen molar-refractivity contribution in [3.63, 3.8) is 0 Å². The van der Waals surface area contributed by atoms with E-state index < -0.39 is 4.92 Å². The van der Waals surface area contributed by atoms with E-state index in [2.05, 4.69) is 4.98 Å². The second-order valence-corrected chi connectivity index (χ2v) is 6.96. The summed E-state index contributed by atoms with van der Waals surface area (Å²) in [5.41, 5.74) is 0.712. The Bertz CT molecular complexity index is 893. The molecule has 0 radical (unpaired) electrons. The lowest BCUT2D eigenvalue weighted by Crippen LogP contribution is -2.37. The van der Waals surface area contributed by atoms with Gasteiger partial charge in [-0.2, -0.15) is 5.26 Å². The number of pyridine rings is 1. The topological polar surface area (TPSA) is 92.3 Å². The van der Waals surface area contributed by atoms with Crippen molar-refractivity contribution in [2.45, 2.75) is 25.6 Å². The maximum absolute atomic E-state index is 11.4. The van der Waals surface area contributed by atoms with Crippen molar-refractivity contribution in [3.05, 3.63) is 61.7 Å². The molecule has 9 heteroatoms. The van der Waals surface area contributed by atoms with Crippen LogP contribution in [0.25, 0.3) is 0 Å². The Kier molecular flexibility index (Phi) is 6.11. The van der Waals surface area contributed by atoms with Gasteiger partial charge in [0.1, 0.15) is 11.6 Å². The van der Waals surface area contributed by atoms with Crippen molar-refractivity contribution >= 4 is 34.7 Å². The van der Waals surface area contributed by atoms with Crippen molar-refractivity contribution in [1.82, 2.24) is 4.98 Å². The minimum atomic E-state index is -0.548. The monoisotopic (exact) mass is 406 g/mol. The third-order valence-electron chi connectivity index (χ3n) is 4.42. The van der Waals surface area contributed by atoms with Gasteiger partial charge in [0.2, 0.25) is 5.82 Å². The second kappa shape index (κ2) is 8.53. The van der Waals surface area contributed by atoms with E-state index in [1.54, 1.807) is 12.1 Å². The van der Waals surface area contributed by atoms with Crippen LogP contribution in [-0.4, -0.2) is 29.1 Å². The van der Waals surface area contributed by atoms with E-state index in [1.807, 2.05) is 17.0 Å². The van der Waals surface area contributed by atoms with Gasteiger partial charge in [-0.05, 0) is 36.6 Å². The molecule has 7 nitrogen and oxygen atoms in total. The van der Waals surface area contributed by atoms with Crippen LogP contribution >= 0.6 is 23.2 Å². The van der Waals surface area contributed by atoms with Crippen LogP contribution in [0.2, 0.25) is 10.0 Å². The van der Waals surface area contributed by atoms with Crippen LogP contribution < -0.4 is 4.90 Å². The lowest BCUT2D eigenvalue weighted by atomic mass is 10.1. The summed E-state index contributed by atoms with van der Waals surface area (Å²) in [5, 5.41) is 21.5. The van der Waals surface area contributed by atoms with Crippen LogP contribution in [0, 0.1) is 21.4 Å². The van der Waals surface area contributed by atoms with Gasteiger partial charge in [-0.15, -0.1) is 0 Å². The van der Waals surface area contributed by atoms with E-state index in [1.165, 1.54) is 12.3 Å². The number of hydrogen-bond acceptors (Lipinski definition) is 6. The SMILES string of the molecule is N#Cc1ccnc(N2CCC(OCc3ccc(Cl)c(Cl)c3)CC2)c1[N+](=O)[O-]. The number of piperidine rings is 1. The summed E-state index contributed by atoms with van der Waals surface area (Å²) in [6.07, 6.45) is 2.87. The summed E-state index contributed by atoms with van der Waals surface area (Å²) in [6, 6.07) is 8.59. The summed E-state index contributed by atoms with van der Waals surface area (Å²) in [6.45, 7) is 1.55. The van der Waals surface area contributed by atoms with Crippen LogP contribution in [0.5, 0.6) is 0 Å². The van der Waals surface area contributed by atoms with Crippen LogP contribution in [-0.2, 0) is 11.3 Å². The highest BCUT2D eigenvalue weighted by molar-refractivity contribution is 6.42. The summed E-state index contributed by atoms with van der Waals surface area (Å²) in [4.78, 5) is 16.8. The summed E-state index contributed by atoms with van der Waals surface area (Å²) < 4.78 is 5.94. The molecule has 0 bridgehead atoms. The van der Waals surface area contributed by atoms with Gasteiger partial charge in [-0.1, -0.05) is 29.3 Å². The van der Waals surface area contributed by atoms with E-state index in [-0.39, 0.29) is 23.2 Å². The van der Waals surface area contributed by atoms with E-state index in [9.17, 15) is 10.1 Å². The van der Waals surface area contributed by atoms with Crippen molar-refractivity contribution in [2.24, 2.45) is 0 Å². The van der Waals surface area contributed by atoms with Gasteiger partial charge in [0.05, 0.1) is 27.7 Å². The lowest BCUT2D eigenvalue weighted by molar-refractivity contribution is -0.384. The predicted octanol–water partition coefficient (Wildman–Crippen LogP) is 4.35. The molecule has 1 aromatic heterocycles. The zero-order valence-electron chi connectivity index (χ0n) is 14.3. The number of ether oxygens (including phenoxy) is 1. The highest BCUT2D eigenvalue weighted by atomic mass is 35.5. The first-order chi connectivity index (χ1) is 13.0. The van der Waals surface area contributed by atoms with Gasteiger partial charge in [0.15, 0.2) is 0 Å². The minimum absolute atomic E-state index is 0.0167. The molecule has 0 unspecified atom stereocenters. The minimum Gasteiger partial charge on any atom is -0.373 e. The summed E-state index contributed by atoms with van der Waals surface area (Å²) >= 11 is 11.9. The van der Waals surface area contributed by atoms with Crippen LogP contribution in [0.3, 0.4) is 0 Å². The fourth-order valence-electron chi connectivity index (χ4n) is 3.02. The average molecular weight is 407 g/mol. The van der Waals surface area contributed by atoms with Crippen molar-refractivity contribution in [2.75, 3.05) is 18.0 Å². The maximum atomic E-state index is 11.4. The summed E-state index contributed by atoms with van der Waals surface area (Å²) in [5.74, 6) is 0.238. The highest BCUT2D eigenvalue weighted by Gasteiger charge is 2.29. The first kappa shape index (κ1) is 19.4. The number of nitrogens with zero attached hydrogens (tertiary/aromatic N) is 4. The van der Waals surface area contributed by atoms with Crippen LogP contribution in [0.15, 0.2) is 30.5 Å². The Labute approximate surface area is 166 Å². The molecule has 0 N–H and O–H groups in total. The standard InChI is InChI=1S/C18H16Cl2N4O3/c19-15-2-1-12(9-16(15)20)11-27-14-4-7-23(8-5-14)18-17(24(25)26)13(10-21)3-6-22-18/h1-3,6,9,14H,4-5,7-8,11H2. The first-order valence-electron chi connectivity index (χ1n) is 8.33. The molecule has 0 atom stereocenters. The molecule has 0 spiro atoms. The zero-order chi connectivity index (χ0) is 19.4. The molecule has 1 aromatic carbocycles. The van der Waals surface area contributed by atoms with E-state index in [4.69, 9.17) is 33.2 Å². The number of nitriles is 1. The normalized spacial score (nSPS) is 14.8. The molecular formula is C18H16Cl2N4O3. The average Bonchev–Trinajstić information content (AvgIpc) is 2.68. The number of halogens is 2. The van der Waals surface area contributed by atoms with E-state index in [0.717, 1.165) is 5.56 Å². The Balaban J connectivity index is 1.62. The highest BCUT2D eigenvalue weighted by Crippen LogP contribution is 2.31. The smallest absolute Gasteiger partial charge is 0.329 e. The Hall–Kier alpha value is -2.40. The number of benzene rings is 1. The molecule has 2 aromatic rings. The molecule has 3 rings (SSSR count). The van der Waals surface area contributed by atoms with Gasteiger partial charge in [0.25, 0.3) is 0 Å². The Morgan fingerprint density at radius 1 is 1.30 bits per heavy atom. The number of anilines is 1. The largest absolute Gasteiger partial charge is 0.373 e. The van der Waals surface area contributed by atoms with E-state index in [0.29, 0.717) is 42.6 Å². The molecule has 1 saturated heterocycles. The van der Waals surface area contributed by atoms with Gasteiger partial charge in [-0.25, -0.2) is 4.98 Å². The van der Waals surface area contributed by atoms with Crippen molar-refractivity contribution < 1.29 is 9.66 Å². The van der Waals surface area contributed by atoms with Crippen molar-refractivity contribution in [1.29, 1.82) is 5.26 Å². The van der Waals surface area contributed by atoms with Gasteiger partial charge in [-0.3, -0.25) is 10.1 Å². The summed E-state index contributed by atoms with van der Waals surface area (Å²) in [7, 11) is 0. The van der Waals surface area contributed by atoms with E-state index >= 15 is 0 Å². The molecule has 1 fully saturated rings. The Morgan fingerprint density at radius 3 is 2.67 bits per heavy atom. The van der Waals surface area contributed by atoms with Crippen LogP contribution in [0.4, 0.5) is 11.5 Å². The number of hydrogen-bond donors (Lipinski definition) is 0. The first-order valence-corrected chi connectivity index (χ1v) is 9.09. The zero-order valence-corrected chi connectivity index (χ0v) is 15.8. The number of aromatic nitrogens is 1. The lowest BCUT2D eigenvalue weighted by Gasteiger charge is -2.32. The Morgan fingerprint density at radius 2 is 2.04 bits per heavy atom. The molecule has 0 saturated carbocycles. The number of nitro groups is 1. The quantitative estimate of drug-likeness (QED) is 0.540. The fraction of sp³-hybridized carbons (Fsp3) is 0.333. The second-order valence-electron chi connectivity index (χ2n) is 6.15. The maximum Gasteiger partial charge on any atom is 0.329 e. The molecule has 1 aliphatic rings. The molecule has 2 heterocycles.